The zero-order chi connectivity index (χ0) is 20.4. The molecule has 0 saturated carbocycles. The SMILES string of the molecule is Cc1cc(C)c2c(-c3ccccc3)nc(S[C@H](C)C(=O)NCc3ccco3)n2n1. The molecule has 1 N–H and O–H groups in total. The van der Waals surface area contributed by atoms with E-state index in [1.165, 1.54) is 11.8 Å². The van der Waals surface area contributed by atoms with Crippen LogP contribution in [0.3, 0.4) is 0 Å². The van der Waals surface area contributed by atoms with E-state index in [9.17, 15) is 4.79 Å². The Kier molecular flexibility index (Phi) is 5.40. The van der Waals surface area contributed by atoms with Gasteiger partial charge in [0.05, 0.1) is 35.0 Å². The normalized spacial score (nSPS) is 12.2. The zero-order valence-corrected chi connectivity index (χ0v) is 17.4. The maximum Gasteiger partial charge on any atom is 0.233 e. The van der Waals surface area contributed by atoms with Gasteiger partial charge in [0, 0.05) is 5.56 Å². The van der Waals surface area contributed by atoms with E-state index in [0.717, 1.165) is 33.8 Å². The Hall–Kier alpha value is -3.06. The van der Waals surface area contributed by atoms with Crippen molar-refractivity contribution in [3.05, 3.63) is 71.8 Å². The van der Waals surface area contributed by atoms with Crippen molar-refractivity contribution in [2.45, 2.75) is 37.7 Å². The van der Waals surface area contributed by atoms with Gasteiger partial charge >= 0.3 is 0 Å². The molecule has 3 heterocycles. The highest BCUT2D eigenvalue weighted by Gasteiger charge is 2.22. The van der Waals surface area contributed by atoms with E-state index in [2.05, 4.69) is 23.4 Å². The molecule has 0 aliphatic carbocycles. The number of carbonyl (C=O) groups is 1. The molecule has 0 radical (unpaired) electrons. The van der Waals surface area contributed by atoms with E-state index in [1.807, 2.05) is 54.8 Å². The lowest BCUT2D eigenvalue weighted by Gasteiger charge is -2.10. The van der Waals surface area contributed by atoms with Crippen LogP contribution in [0.15, 0.2) is 64.4 Å². The average Bonchev–Trinajstić information content (AvgIpc) is 3.35. The molecule has 0 saturated heterocycles. The molecule has 29 heavy (non-hydrogen) atoms. The Morgan fingerprint density at radius 3 is 2.72 bits per heavy atom. The fraction of sp³-hybridized carbons (Fsp3) is 0.227. The summed E-state index contributed by atoms with van der Waals surface area (Å²) in [5, 5.41) is 7.94. The van der Waals surface area contributed by atoms with Gasteiger partial charge in [0.25, 0.3) is 0 Å². The minimum absolute atomic E-state index is 0.0752. The van der Waals surface area contributed by atoms with Crippen LogP contribution in [0.1, 0.15) is 23.9 Å². The Morgan fingerprint density at radius 1 is 1.21 bits per heavy atom. The predicted molar refractivity (Wildman–Crippen MR) is 114 cm³/mol. The molecular formula is C22H22N4O2S. The number of fused-ring (bicyclic) bond motifs is 1. The molecule has 4 rings (SSSR count). The van der Waals surface area contributed by atoms with Crippen LogP contribution >= 0.6 is 11.8 Å². The van der Waals surface area contributed by atoms with Gasteiger partial charge in [0.1, 0.15) is 5.76 Å². The molecule has 7 heteroatoms. The first-order valence-corrected chi connectivity index (χ1v) is 10.3. The number of carbonyl (C=O) groups excluding carboxylic acids is 1. The van der Waals surface area contributed by atoms with Crippen LogP contribution in [0, 0.1) is 13.8 Å². The molecule has 0 aliphatic heterocycles. The molecule has 6 nitrogen and oxygen atoms in total. The second kappa shape index (κ2) is 8.13. The number of aromatic nitrogens is 3. The summed E-state index contributed by atoms with van der Waals surface area (Å²) >= 11 is 1.40. The third-order valence-corrected chi connectivity index (χ3v) is 5.64. The largest absolute Gasteiger partial charge is 0.467 e. The summed E-state index contributed by atoms with van der Waals surface area (Å²) in [6, 6.07) is 15.7. The van der Waals surface area contributed by atoms with Crippen LogP contribution in [-0.2, 0) is 11.3 Å². The number of rotatable bonds is 6. The molecule has 148 valence electrons. The van der Waals surface area contributed by atoms with Crippen LogP contribution in [0.25, 0.3) is 16.8 Å². The Labute approximate surface area is 173 Å². The number of hydrogen-bond acceptors (Lipinski definition) is 5. The van der Waals surface area contributed by atoms with Crippen molar-refractivity contribution in [3.8, 4) is 11.3 Å². The van der Waals surface area contributed by atoms with Gasteiger partial charge in [-0.15, -0.1) is 0 Å². The van der Waals surface area contributed by atoms with Crippen molar-refractivity contribution in [1.29, 1.82) is 0 Å². The lowest BCUT2D eigenvalue weighted by molar-refractivity contribution is -0.120. The van der Waals surface area contributed by atoms with Crippen molar-refractivity contribution in [3.63, 3.8) is 0 Å². The third-order valence-electron chi connectivity index (χ3n) is 4.60. The first-order chi connectivity index (χ1) is 14.0. The smallest absolute Gasteiger partial charge is 0.233 e. The third kappa shape index (κ3) is 4.05. The highest BCUT2D eigenvalue weighted by atomic mass is 32.2. The number of nitrogens with zero attached hydrogens (tertiary/aromatic N) is 3. The van der Waals surface area contributed by atoms with Gasteiger partial charge in [-0.2, -0.15) is 5.10 Å². The van der Waals surface area contributed by atoms with Crippen molar-refractivity contribution in [2.24, 2.45) is 0 Å². The summed E-state index contributed by atoms with van der Waals surface area (Å²) in [6.45, 7) is 6.26. The molecule has 1 amide bonds. The molecule has 0 aliphatic rings. The van der Waals surface area contributed by atoms with Crippen LogP contribution in [0.5, 0.6) is 0 Å². The maximum atomic E-state index is 12.6. The van der Waals surface area contributed by atoms with Gasteiger partial charge in [0.15, 0.2) is 5.16 Å². The molecule has 1 aromatic carbocycles. The average molecular weight is 407 g/mol. The summed E-state index contributed by atoms with van der Waals surface area (Å²) in [5.41, 5.74) is 4.88. The van der Waals surface area contributed by atoms with Crippen molar-refractivity contribution in [2.75, 3.05) is 0 Å². The summed E-state index contributed by atoms with van der Waals surface area (Å²) in [5.74, 6) is 0.648. The molecule has 1 atom stereocenters. The highest BCUT2D eigenvalue weighted by Crippen LogP contribution is 2.32. The second-order valence-electron chi connectivity index (χ2n) is 6.90. The second-order valence-corrected chi connectivity index (χ2v) is 8.20. The first kappa shape index (κ1) is 19.3. The van der Waals surface area contributed by atoms with E-state index in [0.29, 0.717) is 11.7 Å². The maximum absolute atomic E-state index is 12.6. The molecule has 3 aromatic heterocycles. The number of hydrogen-bond donors (Lipinski definition) is 1. The quantitative estimate of drug-likeness (QED) is 0.481. The molecule has 4 aromatic rings. The minimum Gasteiger partial charge on any atom is -0.467 e. The number of thioether (sulfide) groups is 1. The van der Waals surface area contributed by atoms with Crippen molar-refractivity contribution < 1.29 is 9.21 Å². The first-order valence-electron chi connectivity index (χ1n) is 9.42. The molecule has 0 bridgehead atoms. The van der Waals surface area contributed by atoms with Gasteiger partial charge in [-0.1, -0.05) is 42.1 Å². The van der Waals surface area contributed by atoms with Crippen LogP contribution in [-0.4, -0.2) is 25.8 Å². The standard InChI is InChI=1S/C22H22N4O2S/c1-14-12-15(2)25-26-20(14)19(17-8-5-4-6-9-17)24-22(26)29-16(3)21(27)23-13-18-10-7-11-28-18/h4-12,16H,13H2,1-3H3,(H,23,27)/t16-/m1/s1. The monoisotopic (exact) mass is 406 g/mol. The van der Waals surface area contributed by atoms with E-state index in [1.54, 1.807) is 12.3 Å². The molecular weight excluding hydrogens is 384 g/mol. The molecule has 0 spiro atoms. The van der Waals surface area contributed by atoms with E-state index < -0.39 is 0 Å². The predicted octanol–water partition coefficient (Wildman–Crippen LogP) is 4.40. The number of imidazole rings is 1. The Morgan fingerprint density at radius 2 is 2.00 bits per heavy atom. The topological polar surface area (TPSA) is 72.4 Å². The Balaban J connectivity index is 1.64. The summed E-state index contributed by atoms with van der Waals surface area (Å²) in [7, 11) is 0. The molecule has 0 unspecified atom stereocenters. The summed E-state index contributed by atoms with van der Waals surface area (Å²) in [4.78, 5) is 17.4. The highest BCUT2D eigenvalue weighted by molar-refractivity contribution is 8.00. The van der Waals surface area contributed by atoms with Gasteiger partial charge in [0.2, 0.25) is 5.91 Å². The zero-order valence-electron chi connectivity index (χ0n) is 16.5. The molecule has 0 fully saturated rings. The number of nitrogens with one attached hydrogen (secondary N) is 1. The summed E-state index contributed by atoms with van der Waals surface area (Å²) in [6.07, 6.45) is 1.60. The van der Waals surface area contributed by atoms with Crippen molar-refractivity contribution in [1.82, 2.24) is 19.9 Å². The van der Waals surface area contributed by atoms with Gasteiger partial charge in [-0.05, 0) is 44.5 Å². The lowest BCUT2D eigenvalue weighted by atomic mass is 10.1. The summed E-state index contributed by atoms with van der Waals surface area (Å²) < 4.78 is 7.13. The van der Waals surface area contributed by atoms with Crippen LogP contribution in [0.2, 0.25) is 0 Å². The number of amides is 1. The number of benzene rings is 1. The fourth-order valence-corrected chi connectivity index (χ4v) is 4.11. The van der Waals surface area contributed by atoms with Gasteiger partial charge in [-0.25, -0.2) is 9.50 Å². The minimum atomic E-state index is -0.332. The van der Waals surface area contributed by atoms with E-state index in [-0.39, 0.29) is 11.2 Å². The van der Waals surface area contributed by atoms with Gasteiger partial charge in [-0.3, -0.25) is 4.79 Å². The fourth-order valence-electron chi connectivity index (χ4n) is 3.22. The Bertz CT molecular complexity index is 1140. The van der Waals surface area contributed by atoms with Crippen LogP contribution < -0.4 is 5.32 Å². The van der Waals surface area contributed by atoms with Gasteiger partial charge < -0.3 is 9.73 Å². The van der Waals surface area contributed by atoms with Crippen molar-refractivity contribution >= 4 is 23.2 Å². The number of aryl methyl sites for hydroxylation is 2. The van der Waals surface area contributed by atoms with E-state index in [4.69, 9.17) is 9.40 Å². The lowest BCUT2D eigenvalue weighted by Crippen LogP contribution is -2.30. The van der Waals surface area contributed by atoms with E-state index >= 15 is 0 Å². The van der Waals surface area contributed by atoms with Crippen LogP contribution in [0.4, 0.5) is 0 Å². The number of furan rings is 1.